The quantitative estimate of drug-likeness (QED) is 0.805. The van der Waals surface area contributed by atoms with Gasteiger partial charge < -0.3 is 5.32 Å². The Balaban J connectivity index is 1.64. The van der Waals surface area contributed by atoms with Crippen LogP contribution in [0.2, 0.25) is 0 Å². The molecule has 0 radical (unpaired) electrons. The standard InChI is InChI=1S/C15H16N2/c1-2-12(5-13-8-16-4-3-11(1)13)14-6-15(7-14)9-17-10-15/h1-5,8,14,17H,6-7,9-10H2. The molecule has 1 aliphatic heterocycles. The van der Waals surface area contributed by atoms with E-state index in [2.05, 4.69) is 34.6 Å². The second-order valence-electron chi connectivity index (χ2n) is 5.69. The lowest BCUT2D eigenvalue weighted by Crippen LogP contribution is -2.59. The van der Waals surface area contributed by atoms with Gasteiger partial charge in [-0.3, -0.25) is 4.98 Å². The highest BCUT2D eigenvalue weighted by Gasteiger charge is 2.48. The lowest BCUT2D eigenvalue weighted by Gasteiger charge is -2.54. The third-order valence-corrected chi connectivity index (χ3v) is 4.49. The molecule has 1 saturated carbocycles. The van der Waals surface area contributed by atoms with Crippen molar-refractivity contribution in [2.24, 2.45) is 5.41 Å². The topological polar surface area (TPSA) is 24.9 Å². The molecule has 2 nitrogen and oxygen atoms in total. The van der Waals surface area contributed by atoms with Gasteiger partial charge in [0.2, 0.25) is 0 Å². The molecule has 0 bridgehead atoms. The lowest BCUT2D eigenvalue weighted by molar-refractivity contribution is 0.0363. The first-order valence-electron chi connectivity index (χ1n) is 6.39. The number of hydrogen-bond acceptors (Lipinski definition) is 2. The molecular weight excluding hydrogens is 208 g/mol. The van der Waals surface area contributed by atoms with Gasteiger partial charge in [0, 0.05) is 30.9 Å². The van der Waals surface area contributed by atoms with E-state index in [1.807, 2.05) is 12.4 Å². The third kappa shape index (κ3) is 1.40. The summed E-state index contributed by atoms with van der Waals surface area (Å²) < 4.78 is 0. The van der Waals surface area contributed by atoms with Crippen molar-refractivity contribution in [3.8, 4) is 0 Å². The molecule has 2 aliphatic rings. The van der Waals surface area contributed by atoms with Crippen molar-refractivity contribution in [3.05, 3.63) is 42.2 Å². The molecular formula is C15H16N2. The van der Waals surface area contributed by atoms with Crippen LogP contribution in [0.25, 0.3) is 10.8 Å². The molecule has 1 aliphatic carbocycles. The fourth-order valence-electron chi connectivity index (χ4n) is 3.35. The van der Waals surface area contributed by atoms with E-state index in [1.54, 1.807) is 0 Å². The number of hydrogen-bond donors (Lipinski definition) is 1. The Hall–Kier alpha value is -1.41. The maximum Gasteiger partial charge on any atom is 0.0346 e. The van der Waals surface area contributed by atoms with Crippen LogP contribution in [0.5, 0.6) is 0 Å². The number of fused-ring (bicyclic) bond motifs is 1. The highest BCUT2D eigenvalue weighted by molar-refractivity contribution is 5.82. The number of aromatic nitrogens is 1. The van der Waals surface area contributed by atoms with Crippen LogP contribution in [-0.4, -0.2) is 18.1 Å². The van der Waals surface area contributed by atoms with E-state index in [4.69, 9.17) is 0 Å². The molecule has 0 amide bonds. The average Bonchev–Trinajstić information content (AvgIpc) is 2.25. The van der Waals surface area contributed by atoms with Gasteiger partial charge in [0.1, 0.15) is 0 Å². The molecule has 1 aromatic heterocycles. The van der Waals surface area contributed by atoms with Gasteiger partial charge in [-0.25, -0.2) is 0 Å². The number of nitrogens with one attached hydrogen (secondary N) is 1. The molecule has 2 heteroatoms. The zero-order valence-corrected chi connectivity index (χ0v) is 9.82. The zero-order chi connectivity index (χ0) is 11.3. The Morgan fingerprint density at radius 2 is 2.00 bits per heavy atom. The van der Waals surface area contributed by atoms with Gasteiger partial charge in [-0.2, -0.15) is 0 Å². The van der Waals surface area contributed by atoms with Crippen molar-refractivity contribution < 1.29 is 0 Å². The Labute approximate surface area is 101 Å². The Morgan fingerprint density at radius 1 is 1.12 bits per heavy atom. The van der Waals surface area contributed by atoms with Crippen molar-refractivity contribution in [1.82, 2.24) is 10.3 Å². The van der Waals surface area contributed by atoms with Crippen molar-refractivity contribution >= 4 is 10.8 Å². The number of rotatable bonds is 1. The Kier molecular flexibility index (Phi) is 1.86. The Morgan fingerprint density at radius 3 is 2.76 bits per heavy atom. The van der Waals surface area contributed by atoms with Gasteiger partial charge in [0.25, 0.3) is 0 Å². The van der Waals surface area contributed by atoms with Crippen LogP contribution < -0.4 is 5.32 Å². The minimum absolute atomic E-state index is 0.661. The smallest absolute Gasteiger partial charge is 0.0346 e. The van der Waals surface area contributed by atoms with Crippen molar-refractivity contribution in [2.45, 2.75) is 18.8 Å². The third-order valence-electron chi connectivity index (χ3n) is 4.49. The first-order valence-corrected chi connectivity index (χ1v) is 6.39. The van der Waals surface area contributed by atoms with E-state index in [1.165, 1.54) is 42.3 Å². The van der Waals surface area contributed by atoms with E-state index < -0.39 is 0 Å². The summed E-state index contributed by atoms with van der Waals surface area (Å²) in [6, 6.07) is 8.94. The molecule has 1 aromatic carbocycles. The van der Waals surface area contributed by atoms with Gasteiger partial charge in [-0.05, 0) is 47.3 Å². The van der Waals surface area contributed by atoms with Crippen LogP contribution in [0.1, 0.15) is 24.3 Å². The van der Waals surface area contributed by atoms with Gasteiger partial charge in [0.05, 0.1) is 0 Å². The molecule has 4 rings (SSSR count). The molecule has 2 heterocycles. The monoisotopic (exact) mass is 224 g/mol. The van der Waals surface area contributed by atoms with Crippen LogP contribution in [0.4, 0.5) is 0 Å². The van der Waals surface area contributed by atoms with E-state index in [0.29, 0.717) is 5.41 Å². The summed E-state index contributed by atoms with van der Waals surface area (Å²) in [6.07, 6.45) is 6.57. The maximum absolute atomic E-state index is 4.20. The molecule has 1 spiro atoms. The van der Waals surface area contributed by atoms with Gasteiger partial charge >= 0.3 is 0 Å². The van der Waals surface area contributed by atoms with Gasteiger partial charge in [0.15, 0.2) is 0 Å². The molecule has 17 heavy (non-hydrogen) atoms. The summed E-state index contributed by atoms with van der Waals surface area (Å²) >= 11 is 0. The largest absolute Gasteiger partial charge is 0.316 e. The predicted octanol–water partition coefficient (Wildman–Crippen LogP) is 2.70. The SMILES string of the molecule is c1cc2ccc(C3CC4(CNC4)C3)cc2cn1. The van der Waals surface area contributed by atoms with Crippen LogP contribution in [0.3, 0.4) is 0 Å². The average molecular weight is 224 g/mol. The van der Waals surface area contributed by atoms with E-state index in [9.17, 15) is 0 Å². The molecule has 2 aromatic rings. The highest BCUT2D eigenvalue weighted by Crippen LogP contribution is 2.53. The maximum atomic E-state index is 4.20. The molecule has 2 fully saturated rings. The lowest BCUT2D eigenvalue weighted by atomic mass is 9.57. The number of nitrogens with zero attached hydrogens (tertiary/aromatic N) is 1. The molecule has 1 N–H and O–H groups in total. The Bertz CT molecular complexity index is 564. The van der Waals surface area contributed by atoms with E-state index >= 15 is 0 Å². The number of benzene rings is 1. The zero-order valence-electron chi connectivity index (χ0n) is 9.82. The van der Waals surface area contributed by atoms with Crippen LogP contribution in [0.15, 0.2) is 36.7 Å². The summed E-state index contributed by atoms with van der Waals surface area (Å²) in [6.45, 7) is 2.47. The minimum atomic E-state index is 0.661. The van der Waals surface area contributed by atoms with Crippen molar-refractivity contribution in [2.75, 3.05) is 13.1 Å². The fourth-order valence-corrected chi connectivity index (χ4v) is 3.35. The first-order chi connectivity index (χ1) is 8.35. The van der Waals surface area contributed by atoms with Crippen molar-refractivity contribution in [1.29, 1.82) is 0 Å². The summed E-state index contributed by atoms with van der Waals surface area (Å²) in [5.74, 6) is 0.779. The van der Waals surface area contributed by atoms with Gasteiger partial charge in [-0.15, -0.1) is 0 Å². The van der Waals surface area contributed by atoms with Crippen molar-refractivity contribution in [3.63, 3.8) is 0 Å². The normalized spacial score (nSPS) is 22.4. The number of pyridine rings is 1. The summed E-state index contributed by atoms with van der Waals surface area (Å²) in [7, 11) is 0. The minimum Gasteiger partial charge on any atom is -0.316 e. The summed E-state index contributed by atoms with van der Waals surface area (Å²) in [4.78, 5) is 4.20. The van der Waals surface area contributed by atoms with Gasteiger partial charge in [-0.1, -0.05) is 12.1 Å². The molecule has 0 atom stereocenters. The molecule has 0 unspecified atom stereocenters. The van der Waals surface area contributed by atoms with E-state index in [0.717, 1.165) is 5.92 Å². The first kappa shape index (κ1) is 9.60. The second-order valence-corrected chi connectivity index (χ2v) is 5.69. The van der Waals surface area contributed by atoms with Crippen LogP contribution >= 0.6 is 0 Å². The fraction of sp³-hybridized carbons (Fsp3) is 0.400. The summed E-state index contributed by atoms with van der Waals surface area (Å²) in [5.41, 5.74) is 2.16. The van der Waals surface area contributed by atoms with E-state index in [-0.39, 0.29) is 0 Å². The predicted molar refractivity (Wildman–Crippen MR) is 69.0 cm³/mol. The molecule has 86 valence electrons. The second kappa shape index (κ2) is 3.30. The molecule has 1 saturated heterocycles. The van der Waals surface area contributed by atoms with Crippen LogP contribution in [-0.2, 0) is 0 Å². The van der Waals surface area contributed by atoms with Crippen LogP contribution in [0, 0.1) is 5.41 Å². The highest BCUT2D eigenvalue weighted by atomic mass is 15.0. The summed E-state index contributed by atoms with van der Waals surface area (Å²) in [5, 5.41) is 5.97.